The zero-order chi connectivity index (χ0) is 40.8. The van der Waals surface area contributed by atoms with Crippen molar-refractivity contribution in [1.82, 2.24) is 16.0 Å². The molecule has 4 heteroatoms. The number of ether oxygens (including phenoxy) is 1. The van der Waals surface area contributed by atoms with Gasteiger partial charge in [0, 0.05) is 11.1 Å². The number of benzene rings is 10. The molecule has 3 unspecified atom stereocenters. The standard InChI is InChI=1S/C58H41N3O/c1-2-16-36(17-3-1)40-20-8-9-25-46(40)56-59-55(60-57(61-56)54-42-22-7-5-19-38(42)34-47-41-21-6-4-18-37(41)30-32-45(47)54)39-31-33-53-51(35-39)58(50-28-14-15-29-52(50)62-53)48-26-12-10-23-43(48)44-24-11-13-27-49(44)58/h1-35,55-57,59-61H. The smallest absolute Gasteiger partial charge is 0.132 e. The van der Waals surface area contributed by atoms with E-state index < -0.39 is 5.41 Å². The molecular formula is C58H41N3O. The van der Waals surface area contributed by atoms with Gasteiger partial charge in [-0.25, -0.2) is 0 Å². The molecule has 0 radical (unpaired) electrons. The molecule has 0 bridgehead atoms. The maximum absolute atomic E-state index is 6.86. The molecule has 1 spiro atoms. The van der Waals surface area contributed by atoms with Gasteiger partial charge < -0.3 is 4.74 Å². The fourth-order valence-corrected chi connectivity index (χ4v) is 11.0. The monoisotopic (exact) mass is 795 g/mol. The van der Waals surface area contributed by atoms with Crippen LogP contribution in [0.4, 0.5) is 0 Å². The van der Waals surface area contributed by atoms with E-state index in [1.165, 1.54) is 76.8 Å². The molecule has 3 N–H and O–H groups in total. The molecule has 3 atom stereocenters. The van der Waals surface area contributed by atoms with E-state index >= 15 is 0 Å². The minimum absolute atomic E-state index is 0.216. The van der Waals surface area contributed by atoms with Gasteiger partial charge in [-0.2, -0.15) is 0 Å². The van der Waals surface area contributed by atoms with E-state index in [1.807, 2.05) is 0 Å². The van der Waals surface area contributed by atoms with Crippen molar-refractivity contribution in [2.75, 3.05) is 0 Å². The van der Waals surface area contributed by atoms with Crippen molar-refractivity contribution < 1.29 is 4.74 Å². The number of hydrogen-bond acceptors (Lipinski definition) is 4. The molecule has 0 amide bonds. The molecule has 2 aliphatic heterocycles. The number of fused-ring (bicyclic) bond motifs is 13. The van der Waals surface area contributed by atoms with E-state index in [2.05, 4.69) is 228 Å². The average molecular weight is 796 g/mol. The minimum Gasteiger partial charge on any atom is -0.457 e. The van der Waals surface area contributed by atoms with Gasteiger partial charge in [0.25, 0.3) is 0 Å². The minimum atomic E-state index is -0.564. The zero-order valence-corrected chi connectivity index (χ0v) is 33.8. The first kappa shape index (κ1) is 35.4. The van der Waals surface area contributed by atoms with Gasteiger partial charge in [0.1, 0.15) is 11.5 Å². The van der Waals surface area contributed by atoms with Gasteiger partial charge in [-0.3, -0.25) is 16.0 Å². The van der Waals surface area contributed by atoms with Crippen LogP contribution in [0.15, 0.2) is 212 Å². The second-order valence-corrected chi connectivity index (χ2v) is 16.8. The molecule has 10 aromatic rings. The Kier molecular flexibility index (Phi) is 7.91. The van der Waals surface area contributed by atoms with Gasteiger partial charge in [-0.1, -0.05) is 188 Å². The van der Waals surface area contributed by atoms with Crippen LogP contribution in [0.5, 0.6) is 11.5 Å². The van der Waals surface area contributed by atoms with Crippen molar-refractivity contribution >= 4 is 32.3 Å². The maximum atomic E-state index is 6.86. The van der Waals surface area contributed by atoms with Gasteiger partial charge >= 0.3 is 0 Å². The molecule has 62 heavy (non-hydrogen) atoms. The normalized spacial score (nSPS) is 18.2. The van der Waals surface area contributed by atoms with Crippen LogP contribution in [0.25, 0.3) is 54.6 Å². The fraction of sp³-hybridized carbons (Fsp3) is 0.0690. The molecule has 10 aromatic carbocycles. The predicted molar refractivity (Wildman–Crippen MR) is 252 cm³/mol. The average Bonchev–Trinajstić information content (AvgIpc) is 3.64. The molecule has 0 saturated carbocycles. The van der Waals surface area contributed by atoms with Crippen LogP contribution >= 0.6 is 0 Å². The van der Waals surface area contributed by atoms with E-state index in [9.17, 15) is 0 Å². The highest BCUT2D eigenvalue weighted by atomic mass is 16.5. The zero-order valence-electron chi connectivity index (χ0n) is 33.8. The fourth-order valence-electron chi connectivity index (χ4n) is 11.0. The van der Waals surface area contributed by atoms with Crippen LogP contribution < -0.4 is 20.7 Å². The number of hydrogen-bond donors (Lipinski definition) is 3. The van der Waals surface area contributed by atoms with E-state index in [4.69, 9.17) is 4.74 Å². The van der Waals surface area contributed by atoms with Crippen molar-refractivity contribution in [1.29, 1.82) is 0 Å². The Hall–Kier alpha value is -7.34. The topological polar surface area (TPSA) is 45.3 Å². The van der Waals surface area contributed by atoms with Crippen molar-refractivity contribution in [2.45, 2.75) is 23.9 Å². The van der Waals surface area contributed by atoms with Gasteiger partial charge in [0.15, 0.2) is 0 Å². The highest BCUT2D eigenvalue weighted by molar-refractivity contribution is 6.14. The lowest BCUT2D eigenvalue weighted by Crippen LogP contribution is -2.54. The molecule has 4 nitrogen and oxygen atoms in total. The summed E-state index contributed by atoms with van der Waals surface area (Å²) in [5, 5.41) is 19.8. The Morgan fingerprint density at radius 3 is 1.76 bits per heavy atom. The third-order valence-electron chi connectivity index (χ3n) is 13.7. The Morgan fingerprint density at radius 2 is 0.952 bits per heavy atom. The van der Waals surface area contributed by atoms with Gasteiger partial charge in [0.05, 0.1) is 23.9 Å². The summed E-state index contributed by atoms with van der Waals surface area (Å²) in [4.78, 5) is 0. The van der Waals surface area contributed by atoms with Crippen LogP contribution in [0.3, 0.4) is 0 Å². The first-order valence-corrected chi connectivity index (χ1v) is 21.6. The highest BCUT2D eigenvalue weighted by Gasteiger charge is 2.51. The second-order valence-electron chi connectivity index (χ2n) is 16.8. The summed E-state index contributed by atoms with van der Waals surface area (Å²) < 4.78 is 6.86. The number of para-hydroxylation sites is 1. The largest absolute Gasteiger partial charge is 0.457 e. The summed E-state index contributed by atoms with van der Waals surface area (Å²) >= 11 is 0. The van der Waals surface area contributed by atoms with Crippen LogP contribution in [0, 0.1) is 0 Å². The second kappa shape index (κ2) is 13.8. The van der Waals surface area contributed by atoms with Crippen LogP contribution in [0.1, 0.15) is 57.4 Å². The Labute approximate surface area is 360 Å². The summed E-state index contributed by atoms with van der Waals surface area (Å²) in [6, 6.07) is 77.4. The lowest BCUT2D eigenvalue weighted by Gasteiger charge is -2.42. The molecule has 294 valence electrons. The quantitative estimate of drug-likeness (QED) is 0.123. The SMILES string of the molecule is c1ccc(-c2ccccc2C2NC(c3ccc4c(c3)C3(c5ccccc5O4)c4ccccc4-c4ccccc43)NC(c3c4ccccc4cc4c3ccc3ccccc34)N2)cc1. The predicted octanol–water partition coefficient (Wildman–Crippen LogP) is 13.5. The third-order valence-corrected chi connectivity index (χ3v) is 13.7. The summed E-state index contributed by atoms with van der Waals surface area (Å²) in [7, 11) is 0. The lowest BCUT2D eigenvalue weighted by molar-refractivity contribution is 0.205. The van der Waals surface area contributed by atoms with E-state index in [-0.39, 0.29) is 18.5 Å². The summed E-state index contributed by atoms with van der Waals surface area (Å²) in [6.45, 7) is 0. The molecule has 0 aromatic heterocycles. The van der Waals surface area contributed by atoms with Gasteiger partial charge in [-0.05, 0) is 107 Å². The Balaban J connectivity index is 1.03. The van der Waals surface area contributed by atoms with Gasteiger partial charge in [0.2, 0.25) is 0 Å². The van der Waals surface area contributed by atoms with E-state index in [0.29, 0.717) is 0 Å². The summed E-state index contributed by atoms with van der Waals surface area (Å²) in [6.07, 6.45) is -0.706. The molecular weight excluding hydrogens is 755 g/mol. The van der Waals surface area contributed by atoms with Crippen molar-refractivity contribution in [2.24, 2.45) is 0 Å². The van der Waals surface area contributed by atoms with Crippen molar-refractivity contribution in [3.05, 3.63) is 251 Å². The molecule has 2 heterocycles. The van der Waals surface area contributed by atoms with Crippen LogP contribution in [-0.4, -0.2) is 0 Å². The van der Waals surface area contributed by atoms with Crippen LogP contribution in [0.2, 0.25) is 0 Å². The summed E-state index contributed by atoms with van der Waals surface area (Å²) in [5.41, 5.74) is 12.8. The first-order valence-electron chi connectivity index (χ1n) is 21.6. The summed E-state index contributed by atoms with van der Waals surface area (Å²) in [5.74, 6) is 1.77. The molecule has 1 fully saturated rings. The van der Waals surface area contributed by atoms with Crippen molar-refractivity contribution in [3.63, 3.8) is 0 Å². The molecule has 1 saturated heterocycles. The highest BCUT2D eigenvalue weighted by Crippen LogP contribution is 2.62. The van der Waals surface area contributed by atoms with E-state index in [0.717, 1.165) is 28.2 Å². The lowest BCUT2D eigenvalue weighted by atomic mass is 9.66. The molecule has 13 rings (SSSR count). The van der Waals surface area contributed by atoms with E-state index in [1.54, 1.807) is 0 Å². The Bertz CT molecular complexity index is 3370. The van der Waals surface area contributed by atoms with Crippen molar-refractivity contribution in [3.8, 4) is 33.8 Å². The van der Waals surface area contributed by atoms with Gasteiger partial charge in [-0.15, -0.1) is 0 Å². The molecule has 1 aliphatic carbocycles. The first-order chi connectivity index (χ1) is 30.7. The molecule has 3 aliphatic rings. The number of rotatable bonds is 4. The number of nitrogens with one attached hydrogen (secondary N) is 3. The Morgan fingerprint density at radius 1 is 0.355 bits per heavy atom. The third kappa shape index (κ3) is 5.18. The van der Waals surface area contributed by atoms with Crippen LogP contribution in [-0.2, 0) is 5.41 Å². The maximum Gasteiger partial charge on any atom is 0.132 e.